The van der Waals surface area contributed by atoms with Crippen LogP contribution >= 0.6 is 24.0 Å². The van der Waals surface area contributed by atoms with Crippen molar-refractivity contribution in [2.75, 3.05) is 13.6 Å². The van der Waals surface area contributed by atoms with Gasteiger partial charge in [0.05, 0.1) is 18.3 Å². The van der Waals surface area contributed by atoms with Crippen molar-refractivity contribution >= 4 is 29.9 Å². The Balaban J connectivity index is 0.00000338. The second-order valence-electron chi connectivity index (χ2n) is 5.74. The van der Waals surface area contributed by atoms with E-state index in [0.717, 1.165) is 23.3 Å². The fourth-order valence-corrected chi connectivity index (χ4v) is 2.34. The Morgan fingerprint density at radius 3 is 2.38 bits per heavy atom. The number of hydrogen-bond acceptors (Lipinski definition) is 2. The second-order valence-corrected chi connectivity index (χ2v) is 5.74. The van der Waals surface area contributed by atoms with Crippen molar-refractivity contribution in [3.8, 4) is 0 Å². The molecule has 26 heavy (non-hydrogen) atoms. The number of nitrogens with one attached hydrogen (secondary N) is 1. The van der Waals surface area contributed by atoms with Gasteiger partial charge < -0.3 is 10.2 Å². The van der Waals surface area contributed by atoms with Crippen LogP contribution in [-0.4, -0.2) is 34.2 Å². The van der Waals surface area contributed by atoms with Gasteiger partial charge >= 0.3 is 6.18 Å². The molecular weight excluding hydrogens is 458 g/mol. The Bertz CT molecular complexity index is 710. The molecule has 1 aromatic heterocycles. The molecular formula is C17H23F3IN5. The molecule has 0 amide bonds. The van der Waals surface area contributed by atoms with E-state index >= 15 is 0 Å². The van der Waals surface area contributed by atoms with Crippen molar-refractivity contribution < 1.29 is 13.2 Å². The average Bonchev–Trinajstić information content (AvgIpc) is 2.96. The molecule has 0 atom stereocenters. The third-order valence-corrected chi connectivity index (χ3v) is 3.57. The van der Waals surface area contributed by atoms with E-state index in [1.165, 1.54) is 12.1 Å². The van der Waals surface area contributed by atoms with Crippen LogP contribution in [0.15, 0.2) is 41.7 Å². The summed E-state index contributed by atoms with van der Waals surface area (Å²) in [7, 11) is 3.69. The molecule has 0 saturated heterocycles. The first-order chi connectivity index (χ1) is 11.8. The summed E-state index contributed by atoms with van der Waals surface area (Å²) in [5, 5.41) is 7.29. The van der Waals surface area contributed by atoms with Crippen molar-refractivity contribution in [1.82, 2.24) is 20.0 Å². The summed E-state index contributed by atoms with van der Waals surface area (Å²) in [6.45, 7) is 3.60. The van der Waals surface area contributed by atoms with Crippen LogP contribution in [0, 0.1) is 0 Å². The van der Waals surface area contributed by atoms with Gasteiger partial charge in [0.1, 0.15) is 0 Å². The fourth-order valence-electron chi connectivity index (χ4n) is 2.34. The van der Waals surface area contributed by atoms with E-state index in [-0.39, 0.29) is 24.0 Å². The number of aryl methyl sites for hydroxylation is 1. The first kappa shape index (κ1) is 22.3. The molecule has 1 N–H and O–H groups in total. The molecule has 144 valence electrons. The van der Waals surface area contributed by atoms with Crippen molar-refractivity contribution in [3.05, 3.63) is 53.3 Å². The van der Waals surface area contributed by atoms with E-state index in [9.17, 15) is 13.2 Å². The third kappa shape index (κ3) is 6.50. The summed E-state index contributed by atoms with van der Waals surface area (Å²) in [5.74, 6) is 0.686. The molecule has 0 bridgehead atoms. The number of halogens is 4. The van der Waals surface area contributed by atoms with E-state index in [2.05, 4.69) is 15.4 Å². The minimum atomic E-state index is -4.31. The van der Waals surface area contributed by atoms with Crippen LogP contribution in [0.1, 0.15) is 23.6 Å². The zero-order valence-corrected chi connectivity index (χ0v) is 17.2. The SMILES string of the molecule is CCNC(=NCc1cnn(C)c1)N(C)Cc1ccc(C(F)(F)F)cc1.I. The highest BCUT2D eigenvalue weighted by Gasteiger charge is 2.29. The normalized spacial score (nSPS) is 11.8. The number of aromatic nitrogens is 2. The number of benzene rings is 1. The van der Waals surface area contributed by atoms with Gasteiger partial charge in [0, 0.05) is 38.9 Å². The zero-order valence-electron chi connectivity index (χ0n) is 14.9. The summed E-state index contributed by atoms with van der Waals surface area (Å²) in [6.07, 6.45) is -0.670. The van der Waals surface area contributed by atoms with E-state index < -0.39 is 11.7 Å². The van der Waals surface area contributed by atoms with E-state index in [1.807, 2.05) is 32.1 Å². The van der Waals surface area contributed by atoms with Crippen LogP contribution in [0.25, 0.3) is 0 Å². The molecule has 0 aliphatic rings. The molecule has 0 fully saturated rings. The van der Waals surface area contributed by atoms with Gasteiger partial charge in [-0.05, 0) is 24.6 Å². The van der Waals surface area contributed by atoms with Gasteiger partial charge in [-0.15, -0.1) is 24.0 Å². The lowest BCUT2D eigenvalue weighted by Gasteiger charge is -2.22. The summed E-state index contributed by atoms with van der Waals surface area (Å²) < 4.78 is 39.6. The number of guanidine groups is 1. The number of alkyl halides is 3. The topological polar surface area (TPSA) is 45.5 Å². The van der Waals surface area contributed by atoms with Crippen molar-refractivity contribution in [2.24, 2.45) is 12.0 Å². The smallest absolute Gasteiger partial charge is 0.357 e. The molecule has 0 unspecified atom stereocenters. The highest BCUT2D eigenvalue weighted by atomic mass is 127. The highest BCUT2D eigenvalue weighted by molar-refractivity contribution is 14.0. The molecule has 5 nitrogen and oxygen atoms in total. The molecule has 0 spiro atoms. The molecule has 0 radical (unpaired) electrons. The number of rotatable bonds is 5. The van der Waals surface area contributed by atoms with E-state index in [0.29, 0.717) is 25.6 Å². The van der Waals surface area contributed by atoms with Gasteiger partial charge in [-0.1, -0.05) is 12.1 Å². The summed E-state index contributed by atoms with van der Waals surface area (Å²) in [6, 6.07) is 5.18. The Morgan fingerprint density at radius 1 is 1.23 bits per heavy atom. The number of nitrogens with zero attached hydrogens (tertiary/aromatic N) is 4. The van der Waals surface area contributed by atoms with Crippen LogP contribution in [0.5, 0.6) is 0 Å². The Morgan fingerprint density at radius 2 is 1.88 bits per heavy atom. The number of aliphatic imine (C=N–C) groups is 1. The standard InChI is InChI=1S/C17H22F3N5.HI/c1-4-21-16(22-9-14-10-23-25(3)12-14)24(2)11-13-5-7-15(8-6-13)17(18,19)20;/h5-8,10,12H,4,9,11H2,1-3H3,(H,21,22);1H. The van der Waals surface area contributed by atoms with Gasteiger partial charge in [0.2, 0.25) is 0 Å². The van der Waals surface area contributed by atoms with Crippen molar-refractivity contribution in [3.63, 3.8) is 0 Å². The first-order valence-electron chi connectivity index (χ1n) is 7.92. The van der Waals surface area contributed by atoms with Crippen molar-refractivity contribution in [2.45, 2.75) is 26.2 Å². The first-order valence-corrected chi connectivity index (χ1v) is 7.92. The third-order valence-electron chi connectivity index (χ3n) is 3.57. The fraction of sp³-hybridized carbons (Fsp3) is 0.412. The van der Waals surface area contributed by atoms with Gasteiger partial charge in [0.15, 0.2) is 5.96 Å². The highest BCUT2D eigenvalue weighted by Crippen LogP contribution is 2.29. The maximum Gasteiger partial charge on any atom is 0.416 e. The van der Waals surface area contributed by atoms with Crippen LogP contribution in [0.2, 0.25) is 0 Å². The van der Waals surface area contributed by atoms with Crippen LogP contribution in [0.4, 0.5) is 13.2 Å². The predicted octanol–water partition coefficient (Wildman–Crippen LogP) is 3.65. The van der Waals surface area contributed by atoms with Crippen LogP contribution in [-0.2, 0) is 26.3 Å². The molecule has 0 saturated carbocycles. The maximum atomic E-state index is 12.6. The quantitative estimate of drug-likeness (QED) is 0.403. The molecule has 1 aromatic carbocycles. The lowest BCUT2D eigenvalue weighted by atomic mass is 10.1. The largest absolute Gasteiger partial charge is 0.416 e. The number of hydrogen-bond donors (Lipinski definition) is 1. The molecule has 1 heterocycles. The molecule has 2 aromatic rings. The van der Waals surface area contributed by atoms with Gasteiger partial charge in [-0.25, -0.2) is 4.99 Å². The van der Waals surface area contributed by atoms with E-state index in [4.69, 9.17) is 0 Å². The van der Waals surface area contributed by atoms with Crippen molar-refractivity contribution in [1.29, 1.82) is 0 Å². The minimum absolute atomic E-state index is 0. The lowest BCUT2D eigenvalue weighted by molar-refractivity contribution is -0.137. The predicted molar refractivity (Wildman–Crippen MR) is 106 cm³/mol. The molecule has 9 heteroatoms. The average molecular weight is 481 g/mol. The molecule has 0 aliphatic heterocycles. The second kappa shape index (κ2) is 9.79. The summed E-state index contributed by atoms with van der Waals surface area (Å²) in [4.78, 5) is 6.43. The molecule has 2 rings (SSSR count). The van der Waals surface area contributed by atoms with Crippen LogP contribution < -0.4 is 5.32 Å². The minimum Gasteiger partial charge on any atom is -0.357 e. The Kier molecular flexibility index (Phi) is 8.38. The monoisotopic (exact) mass is 481 g/mol. The summed E-state index contributed by atoms with van der Waals surface area (Å²) >= 11 is 0. The maximum absolute atomic E-state index is 12.6. The van der Waals surface area contributed by atoms with Gasteiger partial charge in [-0.2, -0.15) is 18.3 Å². The molecule has 0 aliphatic carbocycles. The van der Waals surface area contributed by atoms with Gasteiger partial charge in [-0.3, -0.25) is 4.68 Å². The lowest BCUT2D eigenvalue weighted by Crippen LogP contribution is -2.38. The van der Waals surface area contributed by atoms with Crippen LogP contribution in [0.3, 0.4) is 0 Å². The Hall–Kier alpha value is -1.78. The van der Waals surface area contributed by atoms with E-state index in [1.54, 1.807) is 10.9 Å². The Labute approximate surface area is 168 Å². The zero-order chi connectivity index (χ0) is 18.4. The van der Waals surface area contributed by atoms with Gasteiger partial charge in [0.25, 0.3) is 0 Å². The summed E-state index contributed by atoms with van der Waals surface area (Å²) in [5.41, 5.74) is 1.12.